The van der Waals surface area contributed by atoms with E-state index < -0.39 is 40.3 Å². The van der Waals surface area contributed by atoms with E-state index in [0.717, 1.165) is 6.08 Å². The molecule has 0 spiro atoms. The minimum absolute atomic E-state index is 0.556. The molecule has 8 heteroatoms. The van der Waals surface area contributed by atoms with Crippen molar-refractivity contribution in [1.82, 2.24) is 0 Å². The molecule has 19 heavy (non-hydrogen) atoms. The van der Waals surface area contributed by atoms with Crippen molar-refractivity contribution < 1.29 is 22.4 Å². The highest BCUT2D eigenvalue weighted by Gasteiger charge is 2.23. The van der Waals surface area contributed by atoms with Gasteiger partial charge in [0.1, 0.15) is 5.69 Å². The van der Waals surface area contributed by atoms with Crippen LogP contribution in [0.25, 0.3) is 16.5 Å². The number of halogens is 4. The monoisotopic (exact) mass is 271 g/mol. The molecule has 0 saturated carbocycles. The molecule has 98 valence electrons. The van der Waals surface area contributed by atoms with E-state index in [-0.39, 0.29) is 0 Å². The quantitative estimate of drug-likeness (QED) is 0.204. The normalized spacial score (nSPS) is 10.3. The van der Waals surface area contributed by atoms with Crippen LogP contribution in [0.3, 0.4) is 0 Å². The molecule has 0 bridgehead atoms. The summed E-state index contributed by atoms with van der Waals surface area (Å²) in [4.78, 5) is 12.9. The van der Waals surface area contributed by atoms with Gasteiger partial charge >= 0.3 is 0 Å². The molecule has 0 aliphatic rings. The van der Waals surface area contributed by atoms with Crippen molar-refractivity contribution in [2.75, 3.05) is 0 Å². The van der Waals surface area contributed by atoms with Crippen LogP contribution in [0.2, 0.25) is 0 Å². The average molecular weight is 271 g/mol. The predicted molar refractivity (Wildman–Crippen MR) is 59.3 cm³/mol. The molecular weight excluding hydrogens is 266 g/mol. The lowest BCUT2D eigenvalue weighted by molar-refractivity contribution is -0.110. The second kappa shape index (κ2) is 5.83. The van der Waals surface area contributed by atoms with Crippen molar-refractivity contribution in [1.29, 1.82) is 0 Å². The highest BCUT2D eigenvalue weighted by atomic mass is 19.2. The third-order valence-electron chi connectivity index (χ3n) is 2.03. The number of hydrogen-bond donors (Lipinski definition) is 0. The van der Waals surface area contributed by atoms with Crippen LogP contribution in [0.15, 0.2) is 23.8 Å². The predicted octanol–water partition coefficient (Wildman–Crippen LogP) is 3.95. The molecule has 0 aliphatic carbocycles. The molecule has 0 unspecified atom stereocenters. The van der Waals surface area contributed by atoms with Crippen molar-refractivity contribution in [3.8, 4) is 0 Å². The number of carbonyl (C=O) groups is 1. The summed E-state index contributed by atoms with van der Waals surface area (Å²) in [6.45, 7) is 3.10. The number of ketones is 1. The highest BCUT2D eigenvalue weighted by molar-refractivity contribution is 6.01. The smallest absolute Gasteiger partial charge is 0.178 e. The van der Waals surface area contributed by atoms with Crippen LogP contribution in [-0.4, -0.2) is 5.78 Å². The maximum absolute atomic E-state index is 13.4. The number of benzene rings is 1. The lowest BCUT2D eigenvalue weighted by Crippen LogP contribution is -2.00. The summed E-state index contributed by atoms with van der Waals surface area (Å²) in [5.41, 5.74) is 5.53. The standard InChI is InChI=1S/C11H5F4N3O/c1-2-5(19)3-4-6-7(12)9(14)11(17-18-16)10(15)8(6)13/h2-4H,1H2. The van der Waals surface area contributed by atoms with E-state index in [4.69, 9.17) is 5.53 Å². The molecule has 0 amide bonds. The van der Waals surface area contributed by atoms with E-state index in [0.29, 0.717) is 12.2 Å². The molecule has 1 aromatic rings. The average Bonchev–Trinajstić information content (AvgIpc) is 2.41. The van der Waals surface area contributed by atoms with Gasteiger partial charge < -0.3 is 0 Å². The number of allylic oxidation sites excluding steroid dienone is 2. The van der Waals surface area contributed by atoms with Crippen LogP contribution in [0.4, 0.5) is 23.2 Å². The number of carbonyl (C=O) groups excluding carboxylic acids is 1. The van der Waals surface area contributed by atoms with Gasteiger partial charge in [-0.3, -0.25) is 4.79 Å². The van der Waals surface area contributed by atoms with E-state index in [1.54, 1.807) is 0 Å². The molecule has 0 aromatic heterocycles. The minimum Gasteiger partial charge on any atom is -0.290 e. The summed E-state index contributed by atoms with van der Waals surface area (Å²) in [6, 6.07) is 0. The maximum atomic E-state index is 13.4. The Labute approximate surface area is 104 Å². The summed E-state index contributed by atoms with van der Waals surface area (Å²) in [5, 5.41) is 2.52. The first kappa shape index (κ1) is 14.5. The molecule has 4 nitrogen and oxygen atoms in total. The van der Waals surface area contributed by atoms with Gasteiger partial charge in [-0.15, -0.1) is 0 Å². The summed E-state index contributed by atoms with van der Waals surface area (Å²) in [6.07, 6.45) is 2.08. The minimum atomic E-state index is -1.84. The topological polar surface area (TPSA) is 65.8 Å². The SMILES string of the molecule is C=CC(=O)C=Cc1c(F)c(F)c(N=[N+]=[N-])c(F)c1F. The lowest BCUT2D eigenvalue weighted by atomic mass is 10.1. The molecule has 1 rings (SSSR count). The Hall–Kier alpha value is -2.60. The first-order valence-electron chi connectivity index (χ1n) is 4.69. The van der Waals surface area contributed by atoms with Crippen molar-refractivity contribution in [3.63, 3.8) is 0 Å². The third kappa shape index (κ3) is 2.80. The Morgan fingerprint density at radius 1 is 1.16 bits per heavy atom. The summed E-state index contributed by atoms with van der Waals surface area (Å²) < 4.78 is 53.5. The van der Waals surface area contributed by atoms with Gasteiger partial charge in [-0.25, -0.2) is 17.6 Å². The van der Waals surface area contributed by atoms with E-state index >= 15 is 0 Å². The second-order valence-corrected chi connectivity index (χ2v) is 3.15. The fraction of sp³-hybridized carbons (Fsp3) is 0. The Balaban J connectivity index is 3.52. The highest BCUT2D eigenvalue weighted by Crippen LogP contribution is 2.31. The van der Waals surface area contributed by atoms with Gasteiger partial charge in [-0.2, -0.15) is 0 Å². The van der Waals surface area contributed by atoms with E-state index in [1.807, 2.05) is 0 Å². The fourth-order valence-electron chi connectivity index (χ4n) is 1.15. The largest absolute Gasteiger partial charge is 0.290 e. The van der Waals surface area contributed by atoms with Gasteiger partial charge in [-0.05, 0) is 23.8 Å². The first-order chi connectivity index (χ1) is 8.93. The summed E-state index contributed by atoms with van der Waals surface area (Å²) >= 11 is 0. The van der Waals surface area contributed by atoms with Crippen molar-refractivity contribution in [2.45, 2.75) is 0 Å². The van der Waals surface area contributed by atoms with Gasteiger partial charge in [0, 0.05) is 4.91 Å². The van der Waals surface area contributed by atoms with Crippen LogP contribution >= 0.6 is 0 Å². The molecule has 0 radical (unpaired) electrons. The van der Waals surface area contributed by atoms with Crippen LogP contribution in [0.1, 0.15) is 5.56 Å². The zero-order valence-electron chi connectivity index (χ0n) is 9.20. The molecule has 0 aliphatic heterocycles. The van der Waals surface area contributed by atoms with Gasteiger partial charge in [0.15, 0.2) is 29.1 Å². The second-order valence-electron chi connectivity index (χ2n) is 3.15. The zero-order chi connectivity index (χ0) is 14.6. The lowest BCUT2D eigenvalue weighted by Gasteiger charge is -2.05. The van der Waals surface area contributed by atoms with Gasteiger partial charge in [0.05, 0.1) is 5.56 Å². The van der Waals surface area contributed by atoms with E-state index in [9.17, 15) is 22.4 Å². The maximum Gasteiger partial charge on any atom is 0.178 e. The fourth-order valence-corrected chi connectivity index (χ4v) is 1.15. The number of rotatable bonds is 4. The van der Waals surface area contributed by atoms with Crippen molar-refractivity contribution >= 4 is 17.5 Å². The molecule has 1 aromatic carbocycles. The van der Waals surface area contributed by atoms with E-state index in [1.165, 1.54) is 0 Å². The number of nitrogens with zero attached hydrogens (tertiary/aromatic N) is 3. The van der Waals surface area contributed by atoms with Gasteiger partial charge in [0.25, 0.3) is 0 Å². The van der Waals surface area contributed by atoms with Crippen molar-refractivity contribution in [3.05, 3.63) is 58.0 Å². The van der Waals surface area contributed by atoms with Crippen LogP contribution in [-0.2, 0) is 4.79 Å². The molecular formula is C11H5F4N3O. The summed E-state index contributed by atoms with van der Waals surface area (Å²) in [7, 11) is 0. The Morgan fingerprint density at radius 3 is 2.11 bits per heavy atom. The Morgan fingerprint density at radius 2 is 1.68 bits per heavy atom. The zero-order valence-corrected chi connectivity index (χ0v) is 9.20. The molecule has 0 atom stereocenters. The van der Waals surface area contributed by atoms with Gasteiger partial charge in [-0.1, -0.05) is 11.7 Å². The number of hydrogen-bond acceptors (Lipinski definition) is 2. The number of azide groups is 1. The van der Waals surface area contributed by atoms with Gasteiger partial charge in [0.2, 0.25) is 0 Å². The van der Waals surface area contributed by atoms with Crippen molar-refractivity contribution in [2.24, 2.45) is 5.11 Å². The Bertz CT molecular complexity index is 604. The third-order valence-corrected chi connectivity index (χ3v) is 2.03. The van der Waals surface area contributed by atoms with Crippen LogP contribution in [0, 0.1) is 23.3 Å². The van der Waals surface area contributed by atoms with Crippen LogP contribution < -0.4 is 0 Å². The first-order valence-corrected chi connectivity index (χ1v) is 4.69. The van der Waals surface area contributed by atoms with Crippen LogP contribution in [0.5, 0.6) is 0 Å². The molecule has 0 fully saturated rings. The molecule has 0 heterocycles. The summed E-state index contributed by atoms with van der Waals surface area (Å²) in [5.74, 6) is -7.94. The Kier molecular flexibility index (Phi) is 4.44. The molecule has 0 N–H and O–H groups in total. The van der Waals surface area contributed by atoms with E-state index in [2.05, 4.69) is 16.6 Å². The molecule has 0 saturated heterocycles.